The van der Waals surface area contributed by atoms with Gasteiger partial charge in [-0.05, 0) is 62.2 Å². The van der Waals surface area contributed by atoms with Crippen LogP contribution in [-0.4, -0.2) is 5.11 Å². The average Bonchev–Trinajstić information content (AvgIpc) is 2.37. The van der Waals surface area contributed by atoms with Crippen LogP contribution >= 0.6 is 11.6 Å². The van der Waals surface area contributed by atoms with Gasteiger partial charge in [0.1, 0.15) is 17.3 Å². The maximum absolute atomic E-state index is 13.6. The number of halogens is 2. The fourth-order valence-electron chi connectivity index (χ4n) is 1.89. The number of aryl methyl sites for hydroxylation is 2. The molecular formula is C16H16ClFO2. The molecule has 0 amide bonds. The van der Waals surface area contributed by atoms with Gasteiger partial charge in [-0.15, -0.1) is 0 Å². The largest absolute Gasteiger partial charge is 0.457 e. The lowest BCUT2D eigenvalue weighted by Crippen LogP contribution is -1.99. The summed E-state index contributed by atoms with van der Waals surface area (Å²) < 4.78 is 19.3. The number of rotatable bonds is 3. The molecule has 0 bridgehead atoms. The summed E-state index contributed by atoms with van der Waals surface area (Å²) in [5.41, 5.74) is 1.78. The van der Waals surface area contributed by atoms with E-state index in [0.717, 1.165) is 5.56 Å². The Labute approximate surface area is 122 Å². The fourth-order valence-corrected chi connectivity index (χ4v) is 2.01. The van der Waals surface area contributed by atoms with Crippen molar-refractivity contribution in [1.82, 2.24) is 0 Å². The van der Waals surface area contributed by atoms with E-state index in [2.05, 4.69) is 0 Å². The summed E-state index contributed by atoms with van der Waals surface area (Å²) in [6.45, 7) is 5.10. The van der Waals surface area contributed by atoms with Crippen LogP contribution in [0.1, 0.15) is 29.7 Å². The van der Waals surface area contributed by atoms with Crippen LogP contribution in [0.4, 0.5) is 4.39 Å². The van der Waals surface area contributed by atoms with Crippen molar-refractivity contribution in [2.24, 2.45) is 0 Å². The number of hydrogen-bond acceptors (Lipinski definition) is 2. The van der Waals surface area contributed by atoms with Crippen molar-refractivity contribution < 1.29 is 14.2 Å². The first-order valence-corrected chi connectivity index (χ1v) is 6.68. The highest BCUT2D eigenvalue weighted by Crippen LogP contribution is 2.33. The molecule has 106 valence electrons. The standard InChI is InChI=1S/C16H16ClFO2/c1-9-6-12(4-5-14(9)17)20-16-7-10(2)15(18)8-13(16)11(3)19/h4-8,11,19H,1-3H3. The summed E-state index contributed by atoms with van der Waals surface area (Å²) in [4.78, 5) is 0. The smallest absolute Gasteiger partial charge is 0.133 e. The zero-order valence-corrected chi connectivity index (χ0v) is 12.3. The minimum Gasteiger partial charge on any atom is -0.457 e. The molecule has 4 heteroatoms. The molecular weight excluding hydrogens is 279 g/mol. The number of aliphatic hydroxyl groups is 1. The molecule has 0 saturated heterocycles. The molecule has 0 spiro atoms. The van der Waals surface area contributed by atoms with Gasteiger partial charge in [0.25, 0.3) is 0 Å². The highest BCUT2D eigenvalue weighted by Gasteiger charge is 2.14. The Kier molecular flexibility index (Phi) is 4.31. The first-order valence-electron chi connectivity index (χ1n) is 6.30. The summed E-state index contributed by atoms with van der Waals surface area (Å²) >= 11 is 5.97. The van der Waals surface area contributed by atoms with Crippen LogP contribution in [0.25, 0.3) is 0 Å². The lowest BCUT2D eigenvalue weighted by molar-refractivity contribution is 0.195. The van der Waals surface area contributed by atoms with Crippen molar-refractivity contribution in [2.45, 2.75) is 26.9 Å². The normalized spacial score (nSPS) is 12.3. The molecule has 20 heavy (non-hydrogen) atoms. The van der Waals surface area contributed by atoms with E-state index in [0.29, 0.717) is 27.6 Å². The van der Waals surface area contributed by atoms with Crippen molar-refractivity contribution in [3.63, 3.8) is 0 Å². The maximum Gasteiger partial charge on any atom is 0.133 e. The van der Waals surface area contributed by atoms with Gasteiger partial charge in [-0.25, -0.2) is 4.39 Å². The van der Waals surface area contributed by atoms with Gasteiger partial charge in [-0.1, -0.05) is 11.6 Å². The summed E-state index contributed by atoms with van der Waals surface area (Å²) in [6, 6.07) is 8.16. The molecule has 0 aliphatic heterocycles. The number of ether oxygens (including phenoxy) is 1. The first-order chi connectivity index (χ1) is 9.38. The number of hydrogen-bond donors (Lipinski definition) is 1. The highest BCUT2D eigenvalue weighted by molar-refractivity contribution is 6.31. The predicted octanol–water partition coefficient (Wildman–Crippen LogP) is 4.94. The van der Waals surface area contributed by atoms with Crippen LogP contribution < -0.4 is 4.74 Å². The quantitative estimate of drug-likeness (QED) is 0.868. The molecule has 0 saturated carbocycles. The van der Waals surface area contributed by atoms with Crippen LogP contribution in [0, 0.1) is 19.7 Å². The molecule has 0 radical (unpaired) electrons. The Morgan fingerprint density at radius 1 is 1.15 bits per heavy atom. The average molecular weight is 295 g/mol. The van der Waals surface area contributed by atoms with E-state index in [1.807, 2.05) is 6.92 Å². The van der Waals surface area contributed by atoms with E-state index >= 15 is 0 Å². The Morgan fingerprint density at radius 2 is 1.85 bits per heavy atom. The van der Waals surface area contributed by atoms with Crippen molar-refractivity contribution in [1.29, 1.82) is 0 Å². The topological polar surface area (TPSA) is 29.5 Å². The van der Waals surface area contributed by atoms with Crippen LogP contribution in [0.3, 0.4) is 0 Å². The SMILES string of the molecule is Cc1cc(Oc2ccc(Cl)c(C)c2)c(C(C)O)cc1F. The zero-order valence-electron chi connectivity index (χ0n) is 11.6. The van der Waals surface area contributed by atoms with Crippen molar-refractivity contribution >= 4 is 11.6 Å². The van der Waals surface area contributed by atoms with Crippen LogP contribution in [0.5, 0.6) is 11.5 Å². The molecule has 1 unspecified atom stereocenters. The van der Waals surface area contributed by atoms with Crippen molar-refractivity contribution in [2.75, 3.05) is 0 Å². The predicted molar refractivity (Wildman–Crippen MR) is 78.0 cm³/mol. The zero-order chi connectivity index (χ0) is 14.9. The lowest BCUT2D eigenvalue weighted by atomic mass is 10.1. The lowest BCUT2D eigenvalue weighted by Gasteiger charge is -2.15. The molecule has 0 aliphatic carbocycles. The molecule has 2 aromatic rings. The summed E-state index contributed by atoms with van der Waals surface area (Å²) in [7, 11) is 0. The van der Waals surface area contributed by atoms with Gasteiger partial charge in [0.2, 0.25) is 0 Å². The third-order valence-corrected chi connectivity index (χ3v) is 3.52. The van der Waals surface area contributed by atoms with Crippen LogP contribution in [0.2, 0.25) is 5.02 Å². The van der Waals surface area contributed by atoms with Gasteiger partial charge in [-0.2, -0.15) is 0 Å². The Morgan fingerprint density at radius 3 is 2.45 bits per heavy atom. The van der Waals surface area contributed by atoms with Gasteiger partial charge in [0.15, 0.2) is 0 Å². The summed E-state index contributed by atoms with van der Waals surface area (Å²) in [5, 5.41) is 10.4. The van der Waals surface area contributed by atoms with Gasteiger partial charge in [0.05, 0.1) is 6.10 Å². The second kappa shape index (κ2) is 5.81. The maximum atomic E-state index is 13.6. The second-order valence-corrected chi connectivity index (χ2v) is 5.24. The highest BCUT2D eigenvalue weighted by atomic mass is 35.5. The molecule has 1 atom stereocenters. The van der Waals surface area contributed by atoms with E-state index in [9.17, 15) is 9.50 Å². The Hall–Kier alpha value is -1.58. The molecule has 2 rings (SSSR count). The van der Waals surface area contributed by atoms with Gasteiger partial charge >= 0.3 is 0 Å². The second-order valence-electron chi connectivity index (χ2n) is 4.83. The van der Waals surface area contributed by atoms with Crippen molar-refractivity contribution in [3.05, 3.63) is 57.9 Å². The molecule has 0 fully saturated rings. The Bertz CT molecular complexity index is 639. The van der Waals surface area contributed by atoms with Gasteiger partial charge < -0.3 is 9.84 Å². The monoisotopic (exact) mass is 294 g/mol. The number of aliphatic hydroxyl groups excluding tert-OH is 1. The van der Waals surface area contributed by atoms with E-state index in [1.165, 1.54) is 6.07 Å². The minimum absolute atomic E-state index is 0.361. The number of benzene rings is 2. The third-order valence-electron chi connectivity index (χ3n) is 3.10. The van der Waals surface area contributed by atoms with Gasteiger partial charge in [-0.3, -0.25) is 0 Å². The van der Waals surface area contributed by atoms with E-state index in [-0.39, 0.29) is 5.82 Å². The van der Waals surface area contributed by atoms with Crippen LogP contribution in [-0.2, 0) is 0 Å². The van der Waals surface area contributed by atoms with E-state index in [4.69, 9.17) is 16.3 Å². The minimum atomic E-state index is -0.812. The van der Waals surface area contributed by atoms with E-state index < -0.39 is 6.10 Å². The molecule has 1 N–H and O–H groups in total. The first kappa shape index (κ1) is 14.8. The molecule has 0 aromatic heterocycles. The third kappa shape index (κ3) is 3.11. The molecule has 2 aromatic carbocycles. The summed E-state index contributed by atoms with van der Waals surface area (Å²) in [6.07, 6.45) is -0.812. The molecule has 2 nitrogen and oxygen atoms in total. The fraction of sp³-hybridized carbons (Fsp3) is 0.250. The van der Waals surface area contributed by atoms with Gasteiger partial charge in [0, 0.05) is 10.6 Å². The van der Waals surface area contributed by atoms with Crippen molar-refractivity contribution in [3.8, 4) is 11.5 Å². The summed E-state index contributed by atoms with van der Waals surface area (Å²) in [5.74, 6) is 0.681. The Balaban J connectivity index is 2.41. The van der Waals surface area contributed by atoms with Crippen LogP contribution in [0.15, 0.2) is 30.3 Å². The molecule has 0 heterocycles. The molecule has 0 aliphatic rings. The van der Waals surface area contributed by atoms with E-state index in [1.54, 1.807) is 38.1 Å².